The molecule has 1 fully saturated rings. The number of anilines is 1. The molecule has 6 aliphatic rings. The maximum atomic E-state index is 13.9. The molecule has 4 unspecified atom stereocenters. The lowest BCUT2D eigenvalue weighted by Crippen LogP contribution is -2.46. The Morgan fingerprint density at radius 3 is 2.16 bits per heavy atom. The van der Waals surface area contributed by atoms with Crippen molar-refractivity contribution >= 4 is 49.6 Å². The molecule has 0 radical (unpaired) electrons. The van der Waals surface area contributed by atoms with E-state index >= 15 is 0 Å². The molecule has 12 rings (SSSR count). The molecule has 1 saturated heterocycles. The first-order valence-electron chi connectivity index (χ1n) is 38.7. The highest BCUT2D eigenvalue weighted by atomic mass is 31.2. The zero-order valence-electron chi connectivity index (χ0n) is 62.6. The van der Waals surface area contributed by atoms with Gasteiger partial charge in [0, 0.05) is 98.2 Å². The van der Waals surface area contributed by atoms with E-state index in [1.807, 2.05) is 78.9 Å². The van der Waals surface area contributed by atoms with Crippen LogP contribution in [0.3, 0.4) is 0 Å². The van der Waals surface area contributed by atoms with Crippen LogP contribution in [0, 0.1) is 11.3 Å². The Morgan fingerprint density at radius 2 is 1.48 bits per heavy atom. The third kappa shape index (κ3) is 17.3. The van der Waals surface area contributed by atoms with Gasteiger partial charge in [0.15, 0.2) is 12.3 Å². The van der Waals surface area contributed by atoms with Gasteiger partial charge in [0.25, 0.3) is 14.1 Å². The van der Waals surface area contributed by atoms with Crippen LogP contribution in [-0.4, -0.2) is 127 Å². The van der Waals surface area contributed by atoms with Crippen molar-refractivity contribution in [2.75, 3.05) is 65.1 Å². The number of hydrogen-bond acceptors (Lipinski definition) is 14. The minimum absolute atomic E-state index is 0.00707. The van der Waals surface area contributed by atoms with Crippen molar-refractivity contribution in [1.82, 2.24) is 24.9 Å². The number of carbonyl (C=O) groups is 2. The predicted molar refractivity (Wildman–Crippen MR) is 414 cm³/mol. The number of ether oxygens (including phenoxy) is 5. The minimum Gasteiger partial charge on any atom is -0.497 e. The quantitative estimate of drug-likeness (QED) is 0.0109. The smallest absolute Gasteiger partial charge is 0.330 e. The van der Waals surface area contributed by atoms with Crippen molar-refractivity contribution in [1.29, 1.82) is 5.26 Å². The molecule has 20 heteroatoms. The van der Waals surface area contributed by atoms with Crippen molar-refractivity contribution in [2.45, 2.75) is 217 Å². The molecular formula is C85H108N8O11P+. The fourth-order valence-corrected chi connectivity index (χ4v) is 18.7. The fourth-order valence-electron chi connectivity index (χ4n) is 16.9. The molecule has 6 aromatic rings. The van der Waals surface area contributed by atoms with Crippen LogP contribution in [0.1, 0.15) is 207 Å². The normalized spacial score (nSPS) is 19.7. The summed E-state index contributed by atoms with van der Waals surface area (Å²) in [5, 5.41) is 15.7. The number of H-pyrrole nitrogens is 1. The number of hydrogen-bond donors (Lipinski definition) is 3. The number of carbonyl (C=O) groups excluding carboxylic acids is 2. The SMILES string of the molecule is CCCCCCC1(CCCCCC(=O)NCCCCCCNC(=O)/C=C/c2cn([C@H]3C[C@@H](OP(OCCC#N)N(C(C)C)C(C)C)C(COC(c4ccccc4)(c4ccc(OC)cc4)c4ccc(OC)cc4)O3)c(=O)[nH]c2=O)C2=[N+](CCC3Oc4c(cc5c6c4CCCN6CCC5)C=C23)c2ccccc21. The number of para-hydroxylation sites is 1. The summed E-state index contributed by atoms with van der Waals surface area (Å²) < 4.78 is 52.3. The number of aryl methyl sites for hydroxylation is 1. The van der Waals surface area contributed by atoms with Crippen LogP contribution < -0.4 is 41.0 Å². The minimum atomic E-state index is -1.79. The van der Waals surface area contributed by atoms with Crippen molar-refractivity contribution in [2.24, 2.45) is 0 Å². The molecule has 0 aliphatic carbocycles. The Labute approximate surface area is 621 Å². The molecule has 2 amide bonds. The van der Waals surface area contributed by atoms with Crippen molar-refractivity contribution in [3.63, 3.8) is 0 Å². The number of unbranched alkanes of at least 4 members (excludes halogenated alkanes) is 8. The van der Waals surface area contributed by atoms with Crippen LogP contribution >= 0.6 is 8.53 Å². The first-order chi connectivity index (χ1) is 51.2. The lowest BCUT2D eigenvalue weighted by Gasteiger charge is -2.40. The Bertz CT molecular complexity index is 4160. The number of amides is 2. The number of aromatic nitrogens is 2. The number of aromatic amines is 1. The summed E-state index contributed by atoms with van der Waals surface area (Å²) in [7, 11) is 1.45. The molecule has 0 bridgehead atoms. The van der Waals surface area contributed by atoms with Crippen LogP contribution in [-0.2, 0) is 52.0 Å². The summed E-state index contributed by atoms with van der Waals surface area (Å²) in [5.41, 5.74) is 11.2. The first-order valence-corrected chi connectivity index (χ1v) is 39.8. The van der Waals surface area contributed by atoms with Crippen molar-refractivity contribution in [3.8, 4) is 23.3 Å². The highest BCUT2D eigenvalue weighted by molar-refractivity contribution is 7.44. The summed E-state index contributed by atoms with van der Waals surface area (Å²) >= 11 is 0. The average molecular weight is 1450 g/mol. The van der Waals surface area contributed by atoms with Gasteiger partial charge in [-0.05, 0) is 150 Å². The second-order valence-electron chi connectivity index (χ2n) is 29.5. The Kier molecular flexibility index (Phi) is 26.2. The molecular weight excluding hydrogens is 1340 g/mol. The topological polar surface area (TPSA) is 211 Å². The predicted octanol–water partition coefficient (Wildman–Crippen LogP) is 15.2. The van der Waals surface area contributed by atoms with Gasteiger partial charge in [-0.2, -0.15) is 9.84 Å². The molecule has 558 valence electrons. The zero-order chi connectivity index (χ0) is 73.5. The molecule has 0 saturated carbocycles. The Balaban J connectivity index is 0.641. The highest BCUT2D eigenvalue weighted by Crippen LogP contribution is 2.55. The molecule has 0 spiro atoms. The maximum Gasteiger partial charge on any atom is 0.330 e. The van der Waals surface area contributed by atoms with Gasteiger partial charge in [-0.1, -0.05) is 131 Å². The van der Waals surface area contributed by atoms with Crippen LogP contribution in [0.25, 0.3) is 12.2 Å². The van der Waals surface area contributed by atoms with Gasteiger partial charge in [0.2, 0.25) is 17.5 Å². The number of rotatable bonds is 37. The molecule has 7 heterocycles. The van der Waals surface area contributed by atoms with Crippen LogP contribution in [0.4, 0.5) is 11.4 Å². The number of benzene rings is 5. The summed E-state index contributed by atoms with van der Waals surface area (Å²) in [6.07, 6.45) is 23.8. The molecule has 6 atom stereocenters. The van der Waals surface area contributed by atoms with Gasteiger partial charge in [-0.3, -0.25) is 23.9 Å². The second kappa shape index (κ2) is 35.9. The molecule has 105 heavy (non-hydrogen) atoms. The summed E-state index contributed by atoms with van der Waals surface area (Å²) in [6, 6.07) is 39.2. The van der Waals surface area contributed by atoms with E-state index in [0.717, 1.165) is 119 Å². The van der Waals surface area contributed by atoms with E-state index < -0.39 is 43.8 Å². The maximum absolute atomic E-state index is 13.9. The standard InChI is InChI=1S/C85H107N8O11P/c1-8-9-10-20-45-84(71-31-18-19-32-72(71)91-52-44-73-70(81(84)91)55-63-54-61-27-24-50-90-51-25-30-69(79(61)90)80(63)103-73)46-21-14-17-33-76(94)87-48-22-11-12-23-49-88-77(95)43-34-62-57-92(83(97)89-82(62)96)78-56-74(104-105(101-53-26-47-86)93(59(2)3)60(4)5)75(102-78)58-100-85(64-28-15-13-16-29-64,65-35-39-67(98-6)40-36-65)66-37-41-68(99-7)42-38-66/h13,15-16,18-19,28-29,31-32,34-43,54-55,57,59-60,73-75,78H,8-12,14,17,20-27,30,33,44-46,48-53,56,58H2,1-7H3,(H2-,87,88,89,94,95,96,97)/p+1/b43-34+/t73?,74-,75?,78-,84?,105?/m1/s1. The molecule has 3 N–H and O–H groups in total. The highest BCUT2D eigenvalue weighted by Gasteiger charge is 2.57. The van der Waals surface area contributed by atoms with Gasteiger partial charge in [0.05, 0.1) is 62.6 Å². The largest absolute Gasteiger partial charge is 0.497 e. The lowest BCUT2D eigenvalue weighted by atomic mass is 9.67. The van der Waals surface area contributed by atoms with E-state index in [2.05, 4.69) is 107 Å². The van der Waals surface area contributed by atoms with Crippen LogP contribution in [0.15, 0.2) is 137 Å². The van der Waals surface area contributed by atoms with Gasteiger partial charge in [-0.15, -0.1) is 0 Å². The van der Waals surface area contributed by atoms with Crippen LogP contribution in [0.2, 0.25) is 0 Å². The third-order valence-electron chi connectivity index (χ3n) is 21.9. The fraction of sp³-hybridized carbons (Fsp3) is 0.506. The van der Waals surface area contributed by atoms with Crippen LogP contribution in [0.5, 0.6) is 17.2 Å². The number of nitrogens with one attached hydrogen (secondary N) is 3. The average Bonchev–Trinajstić information content (AvgIpc) is 1.67. The van der Waals surface area contributed by atoms with Crippen molar-refractivity contribution in [3.05, 3.63) is 192 Å². The summed E-state index contributed by atoms with van der Waals surface area (Å²) in [4.78, 5) is 59.1. The number of nitriles is 1. The number of nitrogens with zero attached hydrogens (tertiary/aromatic N) is 5. The van der Waals surface area contributed by atoms with E-state index in [-0.39, 0.29) is 67.0 Å². The van der Waals surface area contributed by atoms with E-state index in [9.17, 15) is 24.4 Å². The lowest BCUT2D eigenvalue weighted by molar-refractivity contribution is -0.444. The molecule has 19 nitrogen and oxygen atoms in total. The van der Waals surface area contributed by atoms with E-state index in [1.54, 1.807) is 14.2 Å². The van der Waals surface area contributed by atoms with Gasteiger partial charge in [-0.25, -0.2) is 9.46 Å². The molecule has 5 aromatic carbocycles. The monoisotopic (exact) mass is 1450 g/mol. The van der Waals surface area contributed by atoms with Gasteiger partial charge >= 0.3 is 5.69 Å². The zero-order valence-corrected chi connectivity index (χ0v) is 63.5. The summed E-state index contributed by atoms with van der Waals surface area (Å²) in [5.74, 6) is 2.19. The molecule has 1 aromatic heterocycles. The Hall–Kier alpha value is -8.21. The van der Waals surface area contributed by atoms with Gasteiger partial charge in [0.1, 0.15) is 41.3 Å². The number of methoxy groups -OCH3 is 2. The van der Waals surface area contributed by atoms with Crippen molar-refractivity contribution < 1.29 is 46.9 Å². The molecule has 6 aliphatic heterocycles. The Morgan fingerprint density at radius 1 is 0.819 bits per heavy atom. The van der Waals surface area contributed by atoms with E-state index in [1.165, 1.54) is 106 Å². The van der Waals surface area contributed by atoms with E-state index in [4.69, 9.17) is 32.7 Å². The van der Waals surface area contributed by atoms with Gasteiger partial charge < -0.3 is 48.3 Å². The first kappa shape index (κ1) is 76.4. The summed E-state index contributed by atoms with van der Waals surface area (Å²) in [6.45, 7) is 14.9. The second-order valence-corrected chi connectivity index (χ2v) is 30.9. The third-order valence-corrected chi connectivity index (χ3v) is 24.0. The van der Waals surface area contributed by atoms with E-state index in [0.29, 0.717) is 31.0 Å². The number of fused-ring (bicyclic) bond motifs is 6.